The monoisotopic (exact) mass is 190 g/mol. The molecule has 0 spiro atoms. The van der Waals surface area contributed by atoms with E-state index in [1.54, 1.807) is 0 Å². The van der Waals surface area contributed by atoms with Crippen LogP contribution in [-0.2, 0) is 9.59 Å². The van der Waals surface area contributed by atoms with Gasteiger partial charge >= 0.3 is 11.9 Å². The largest absolute Gasteiger partial charge is 0.481 e. The van der Waals surface area contributed by atoms with E-state index in [-0.39, 0.29) is 16.4 Å². The van der Waals surface area contributed by atoms with Gasteiger partial charge in [-0.2, -0.15) is 0 Å². The molecule has 0 aromatic heterocycles. The molecule has 4 atom stereocenters. The second-order valence-electron chi connectivity index (χ2n) is 3.24. The predicted molar refractivity (Wildman–Crippen MR) is 44.8 cm³/mol. The highest BCUT2D eigenvalue weighted by Gasteiger charge is 2.61. The number of thiol groups is 1. The van der Waals surface area contributed by atoms with Crippen LogP contribution in [0.2, 0.25) is 0 Å². The van der Waals surface area contributed by atoms with Gasteiger partial charge in [0, 0.05) is 5.25 Å². The first-order valence-electron chi connectivity index (χ1n) is 3.84. The molecule has 2 heterocycles. The highest BCUT2D eigenvalue weighted by Crippen LogP contribution is 2.66. The minimum absolute atomic E-state index is 0.00463. The van der Waals surface area contributed by atoms with E-state index in [9.17, 15) is 9.59 Å². The van der Waals surface area contributed by atoms with Crippen LogP contribution in [0.3, 0.4) is 0 Å². The Morgan fingerprint density at radius 1 is 1.25 bits per heavy atom. The van der Waals surface area contributed by atoms with Crippen molar-refractivity contribution in [3.05, 3.63) is 0 Å². The summed E-state index contributed by atoms with van der Waals surface area (Å²) >= 11 is 0. The molecule has 0 radical (unpaired) electrons. The molecule has 68 valence electrons. The maximum atomic E-state index is 10.6. The van der Waals surface area contributed by atoms with Crippen LogP contribution in [0.1, 0.15) is 6.42 Å². The average molecular weight is 190 g/mol. The van der Waals surface area contributed by atoms with Crippen molar-refractivity contribution in [2.24, 2.45) is 5.92 Å². The fourth-order valence-corrected chi connectivity index (χ4v) is 5.44. The van der Waals surface area contributed by atoms with E-state index < -0.39 is 22.8 Å². The molecule has 2 N–H and O–H groups in total. The van der Waals surface area contributed by atoms with Crippen LogP contribution in [0, 0.1) is 5.92 Å². The molecule has 0 amide bonds. The Hall–Kier alpha value is -0.710. The first-order valence-corrected chi connectivity index (χ1v) is 5.51. The quantitative estimate of drug-likeness (QED) is 0.421. The van der Waals surface area contributed by atoms with Gasteiger partial charge in [-0.3, -0.25) is 9.59 Å². The molecule has 4 unspecified atom stereocenters. The zero-order valence-corrected chi connectivity index (χ0v) is 7.20. The van der Waals surface area contributed by atoms with Crippen LogP contribution in [-0.4, -0.2) is 38.4 Å². The number of aliphatic carboxylic acids is 2. The molecule has 5 heteroatoms. The van der Waals surface area contributed by atoms with Gasteiger partial charge in [0.2, 0.25) is 0 Å². The summed E-state index contributed by atoms with van der Waals surface area (Å²) in [6, 6.07) is 0. The lowest BCUT2D eigenvalue weighted by Gasteiger charge is -2.04. The van der Waals surface area contributed by atoms with E-state index >= 15 is 0 Å². The molecule has 2 rings (SSSR count). The SMILES string of the molecule is O=C(O)C1CC[SH]2C(C(=O)O)C12. The summed E-state index contributed by atoms with van der Waals surface area (Å²) in [7, 11) is -0.453. The van der Waals surface area contributed by atoms with Gasteiger partial charge in [0.15, 0.2) is 0 Å². The number of carboxylic acid groups (broad SMARTS) is 2. The lowest BCUT2D eigenvalue weighted by Crippen LogP contribution is -2.23. The molecule has 2 aliphatic heterocycles. The van der Waals surface area contributed by atoms with Crippen molar-refractivity contribution in [1.82, 2.24) is 0 Å². The Kier molecular flexibility index (Phi) is 1.57. The van der Waals surface area contributed by atoms with Crippen LogP contribution in [0.4, 0.5) is 0 Å². The van der Waals surface area contributed by atoms with Crippen LogP contribution in [0.15, 0.2) is 0 Å². The van der Waals surface area contributed by atoms with E-state index in [0.717, 1.165) is 5.75 Å². The molecule has 0 bridgehead atoms. The lowest BCUT2D eigenvalue weighted by molar-refractivity contribution is -0.141. The minimum Gasteiger partial charge on any atom is -0.481 e. The van der Waals surface area contributed by atoms with Gasteiger partial charge in [-0.1, -0.05) is 0 Å². The summed E-state index contributed by atoms with van der Waals surface area (Å²) < 4.78 is 0. The van der Waals surface area contributed by atoms with Gasteiger partial charge in [-0.25, -0.2) is 10.9 Å². The number of carboxylic acids is 2. The topological polar surface area (TPSA) is 74.6 Å². The molecule has 2 aliphatic rings. The minimum atomic E-state index is -0.811. The van der Waals surface area contributed by atoms with Crippen molar-refractivity contribution < 1.29 is 19.8 Å². The molecule has 12 heavy (non-hydrogen) atoms. The third-order valence-electron chi connectivity index (χ3n) is 2.65. The van der Waals surface area contributed by atoms with Gasteiger partial charge in [0.1, 0.15) is 0 Å². The summed E-state index contributed by atoms with van der Waals surface area (Å²) in [5.74, 6) is -1.13. The van der Waals surface area contributed by atoms with Gasteiger partial charge < -0.3 is 10.2 Å². The van der Waals surface area contributed by atoms with Crippen LogP contribution in [0.5, 0.6) is 0 Å². The third kappa shape index (κ3) is 0.924. The van der Waals surface area contributed by atoms with Gasteiger partial charge in [-0.05, 0) is 12.2 Å². The van der Waals surface area contributed by atoms with Crippen molar-refractivity contribution in [3.63, 3.8) is 0 Å². The summed E-state index contributed by atoms with van der Waals surface area (Å²) in [4.78, 5) is 21.2. The van der Waals surface area contributed by atoms with Crippen molar-refractivity contribution in [2.75, 3.05) is 5.75 Å². The summed E-state index contributed by atoms with van der Waals surface area (Å²) in [6.07, 6.45) is 0.690. The zero-order chi connectivity index (χ0) is 8.88. The number of hydrogen-bond acceptors (Lipinski definition) is 2. The fraction of sp³-hybridized carbons (Fsp3) is 0.714. The van der Waals surface area contributed by atoms with Crippen LogP contribution < -0.4 is 0 Å². The van der Waals surface area contributed by atoms with E-state index in [4.69, 9.17) is 10.2 Å². The second kappa shape index (κ2) is 2.39. The predicted octanol–water partition coefficient (Wildman–Crippen LogP) is -0.0725. The maximum Gasteiger partial charge on any atom is 0.315 e. The van der Waals surface area contributed by atoms with Crippen LogP contribution >= 0.6 is 10.9 Å². The van der Waals surface area contributed by atoms with Crippen molar-refractivity contribution in [3.8, 4) is 0 Å². The van der Waals surface area contributed by atoms with E-state index in [1.807, 2.05) is 0 Å². The third-order valence-corrected chi connectivity index (χ3v) is 5.77. The number of fused-ring (bicyclic) bond motifs is 1. The molecule has 0 aliphatic carbocycles. The summed E-state index contributed by atoms with van der Waals surface area (Å²) in [5.41, 5.74) is 0. The molecule has 2 fully saturated rings. The average Bonchev–Trinajstić information content (AvgIpc) is 2.52. The highest BCUT2D eigenvalue weighted by atomic mass is 32.2. The maximum absolute atomic E-state index is 10.6. The fourth-order valence-electron chi connectivity index (χ4n) is 2.05. The molecule has 4 nitrogen and oxygen atoms in total. The number of rotatable bonds is 2. The van der Waals surface area contributed by atoms with Crippen molar-refractivity contribution >= 4 is 22.8 Å². The Bertz CT molecular complexity index is 252. The first-order chi connectivity index (χ1) is 5.63. The summed E-state index contributed by atoms with van der Waals surface area (Å²) in [6.45, 7) is 0. The lowest BCUT2D eigenvalue weighted by atomic mass is 10.0. The number of hydrogen-bond donors (Lipinski definition) is 3. The molecule has 2 saturated heterocycles. The van der Waals surface area contributed by atoms with Crippen molar-refractivity contribution in [2.45, 2.75) is 16.9 Å². The highest BCUT2D eigenvalue weighted by molar-refractivity contribution is 8.25. The molecular formula is C7H10O4S. The normalized spacial score (nSPS) is 46.7. The van der Waals surface area contributed by atoms with E-state index in [2.05, 4.69) is 0 Å². The molecular weight excluding hydrogens is 180 g/mol. The standard InChI is InChI=1S/C7H10O4S/c8-6(9)3-1-2-12-4(3)5(12)7(10)11/h3-5,12H,1-2H2,(H,8,9)(H,10,11). The Balaban J connectivity index is 2.07. The Morgan fingerprint density at radius 2 is 1.92 bits per heavy atom. The molecule has 0 aromatic rings. The van der Waals surface area contributed by atoms with Crippen LogP contribution in [0.25, 0.3) is 0 Å². The number of carbonyl (C=O) groups is 2. The molecule has 0 saturated carbocycles. The Morgan fingerprint density at radius 3 is 2.33 bits per heavy atom. The second-order valence-corrected chi connectivity index (χ2v) is 5.87. The Labute approximate surface area is 71.9 Å². The zero-order valence-electron chi connectivity index (χ0n) is 6.30. The van der Waals surface area contributed by atoms with Gasteiger partial charge in [0.05, 0.1) is 11.2 Å². The van der Waals surface area contributed by atoms with Gasteiger partial charge in [0.25, 0.3) is 0 Å². The first kappa shape index (κ1) is 7.91. The van der Waals surface area contributed by atoms with E-state index in [0.29, 0.717) is 6.42 Å². The molecule has 0 aromatic carbocycles. The smallest absolute Gasteiger partial charge is 0.315 e. The van der Waals surface area contributed by atoms with E-state index in [1.165, 1.54) is 0 Å². The van der Waals surface area contributed by atoms with Crippen molar-refractivity contribution in [1.29, 1.82) is 0 Å². The summed E-state index contributed by atoms with van der Waals surface area (Å²) in [5, 5.41) is 17.1. The van der Waals surface area contributed by atoms with Gasteiger partial charge in [-0.15, -0.1) is 0 Å².